The zero-order valence-corrected chi connectivity index (χ0v) is 9.21. The number of hydrogen-bond donors (Lipinski definition) is 2. The van der Waals surface area contributed by atoms with E-state index in [0.717, 1.165) is 28.8 Å². The summed E-state index contributed by atoms with van der Waals surface area (Å²) in [4.78, 5) is 4.31. The zero-order chi connectivity index (χ0) is 10.7. The molecule has 0 unspecified atom stereocenters. The summed E-state index contributed by atoms with van der Waals surface area (Å²) in [5, 5.41) is 3.99. The summed E-state index contributed by atoms with van der Waals surface area (Å²) >= 11 is 1.37. The first-order chi connectivity index (χ1) is 7.28. The van der Waals surface area contributed by atoms with E-state index >= 15 is 0 Å². The fourth-order valence-corrected chi connectivity index (χ4v) is 1.81. The largest absolute Gasteiger partial charge is 0.399 e. The van der Waals surface area contributed by atoms with Gasteiger partial charge in [-0.2, -0.15) is 4.37 Å². The Labute approximate surface area is 92.3 Å². The maximum Gasteiger partial charge on any atom is 0.207 e. The summed E-state index contributed by atoms with van der Waals surface area (Å²) in [6.45, 7) is 2.04. The molecule has 0 atom stereocenters. The monoisotopic (exact) mass is 220 g/mol. The molecule has 1 aromatic heterocycles. The molecule has 5 heteroatoms. The molecule has 0 aliphatic heterocycles. The van der Waals surface area contributed by atoms with Crippen LogP contribution in [0.5, 0.6) is 0 Å². The SMILES string of the molecule is CCc1nsc(Nc2ccc(N)cc2)n1. The molecule has 1 heterocycles. The van der Waals surface area contributed by atoms with Crippen molar-refractivity contribution < 1.29 is 0 Å². The summed E-state index contributed by atoms with van der Waals surface area (Å²) < 4.78 is 4.19. The molecule has 0 aliphatic carbocycles. The summed E-state index contributed by atoms with van der Waals surface area (Å²) in [5.74, 6) is 0.873. The highest BCUT2D eigenvalue weighted by atomic mass is 32.1. The van der Waals surface area contributed by atoms with Gasteiger partial charge in [0.15, 0.2) is 0 Å². The van der Waals surface area contributed by atoms with Gasteiger partial charge in [-0.05, 0) is 24.3 Å². The van der Waals surface area contributed by atoms with Gasteiger partial charge in [-0.15, -0.1) is 0 Å². The van der Waals surface area contributed by atoms with Gasteiger partial charge in [0.1, 0.15) is 5.82 Å². The third kappa shape index (κ3) is 2.44. The molecule has 0 bridgehead atoms. The highest BCUT2D eigenvalue weighted by Crippen LogP contribution is 2.19. The van der Waals surface area contributed by atoms with Gasteiger partial charge >= 0.3 is 0 Å². The maximum absolute atomic E-state index is 5.59. The van der Waals surface area contributed by atoms with E-state index in [1.165, 1.54) is 11.5 Å². The van der Waals surface area contributed by atoms with Crippen molar-refractivity contribution in [1.29, 1.82) is 0 Å². The molecule has 0 spiro atoms. The standard InChI is InChI=1S/C10H12N4S/c1-2-9-13-10(15-14-9)12-8-5-3-7(11)4-6-8/h3-6H,2,11H2,1H3,(H,12,13,14). The number of nitrogens with one attached hydrogen (secondary N) is 1. The minimum atomic E-state index is 0.757. The number of aromatic nitrogens is 2. The fourth-order valence-electron chi connectivity index (χ4n) is 1.14. The first-order valence-electron chi connectivity index (χ1n) is 4.73. The van der Waals surface area contributed by atoms with Crippen LogP contribution in [0.3, 0.4) is 0 Å². The van der Waals surface area contributed by atoms with E-state index in [2.05, 4.69) is 14.7 Å². The summed E-state index contributed by atoms with van der Waals surface area (Å²) in [6, 6.07) is 7.54. The van der Waals surface area contributed by atoms with Crippen LogP contribution in [0.25, 0.3) is 0 Å². The predicted molar refractivity (Wildman–Crippen MR) is 63.4 cm³/mol. The number of nitrogens with two attached hydrogens (primary N) is 1. The van der Waals surface area contributed by atoms with E-state index in [1.807, 2.05) is 31.2 Å². The molecule has 4 nitrogen and oxygen atoms in total. The van der Waals surface area contributed by atoms with Crippen molar-refractivity contribution >= 4 is 28.0 Å². The average Bonchev–Trinajstić information content (AvgIpc) is 2.69. The fraction of sp³-hybridized carbons (Fsp3) is 0.200. The molecule has 2 rings (SSSR count). The average molecular weight is 220 g/mol. The second-order valence-electron chi connectivity index (χ2n) is 3.12. The van der Waals surface area contributed by atoms with Crippen molar-refractivity contribution in [3.63, 3.8) is 0 Å². The lowest BCUT2D eigenvalue weighted by molar-refractivity contribution is 1.00. The molecule has 0 radical (unpaired) electrons. The molecule has 0 aliphatic rings. The van der Waals surface area contributed by atoms with Crippen molar-refractivity contribution in [2.24, 2.45) is 0 Å². The van der Waals surface area contributed by atoms with Crippen LogP contribution in [0, 0.1) is 0 Å². The molecular formula is C10H12N4S. The topological polar surface area (TPSA) is 63.8 Å². The first-order valence-corrected chi connectivity index (χ1v) is 5.50. The number of rotatable bonds is 3. The van der Waals surface area contributed by atoms with Crippen LogP contribution >= 0.6 is 11.5 Å². The van der Waals surface area contributed by atoms with Crippen molar-refractivity contribution in [3.05, 3.63) is 30.1 Å². The molecule has 2 aromatic rings. The van der Waals surface area contributed by atoms with Gasteiger partial charge < -0.3 is 11.1 Å². The second-order valence-corrected chi connectivity index (χ2v) is 3.87. The normalized spacial score (nSPS) is 10.2. The Kier molecular flexibility index (Phi) is 2.82. The number of aryl methyl sites for hydroxylation is 1. The molecule has 1 aromatic carbocycles. The third-order valence-electron chi connectivity index (χ3n) is 1.95. The van der Waals surface area contributed by atoms with Crippen LogP contribution in [-0.2, 0) is 6.42 Å². The summed E-state index contributed by atoms with van der Waals surface area (Å²) in [7, 11) is 0. The third-order valence-corrected chi connectivity index (χ3v) is 2.61. The van der Waals surface area contributed by atoms with Crippen molar-refractivity contribution in [2.75, 3.05) is 11.1 Å². The van der Waals surface area contributed by atoms with Crippen LogP contribution in [0.4, 0.5) is 16.5 Å². The van der Waals surface area contributed by atoms with E-state index in [4.69, 9.17) is 5.73 Å². The molecule has 3 N–H and O–H groups in total. The Morgan fingerprint density at radius 1 is 1.33 bits per heavy atom. The molecule has 78 valence electrons. The van der Waals surface area contributed by atoms with Gasteiger partial charge in [0.05, 0.1) is 0 Å². The Morgan fingerprint density at radius 2 is 2.07 bits per heavy atom. The predicted octanol–water partition coefficient (Wildman–Crippen LogP) is 2.43. The number of benzene rings is 1. The lowest BCUT2D eigenvalue weighted by Gasteiger charge is -2.01. The molecule has 0 fully saturated rings. The Hall–Kier alpha value is -1.62. The van der Waals surface area contributed by atoms with Crippen LogP contribution < -0.4 is 11.1 Å². The quantitative estimate of drug-likeness (QED) is 0.780. The lowest BCUT2D eigenvalue weighted by atomic mass is 10.3. The molecule has 0 saturated carbocycles. The summed E-state index contributed by atoms with van der Waals surface area (Å²) in [6.07, 6.45) is 0.861. The number of nitrogens with zero attached hydrogens (tertiary/aromatic N) is 2. The van der Waals surface area contributed by atoms with Gasteiger partial charge in [-0.25, -0.2) is 4.98 Å². The smallest absolute Gasteiger partial charge is 0.207 e. The molecular weight excluding hydrogens is 208 g/mol. The van der Waals surface area contributed by atoms with Gasteiger partial charge in [-0.1, -0.05) is 6.92 Å². The van der Waals surface area contributed by atoms with Gasteiger partial charge in [-0.3, -0.25) is 0 Å². The van der Waals surface area contributed by atoms with E-state index in [0.29, 0.717) is 0 Å². The van der Waals surface area contributed by atoms with Crippen LogP contribution in [0.15, 0.2) is 24.3 Å². The molecule has 15 heavy (non-hydrogen) atoms. The zero-order valence-electron chi connectivity index (χ0n) is 8.40. The van der Waals surface area contributed by atoms with Crippen LogP contribution in [0.1, 0.15) is 12.7 Å². The van der Waals surface area contributed by atoms with E-state index in [-0.39, 0.29) is 0 Å². The minimum absolute atomic E-state index is 0.757. The van der Waals surface area contributed by atoms with Gasteiger partial charge in [0.2, 0.25) is 5.13 Å². The minimum Gasteiger partial charge on any atom is -0.399 e. The maximum atomic E-state index is 5.59. The van der Waals surface area contributed by atoms with E-state index in [1.54, 1.807) is 0 Å². The van der Waals surface area contributed by atoms with Crippen molar-refractivity contribution in [1.82, 2.24) is 9.36 Å². The lowest BCUT2D eigenvalue weighted by Crippen LogP contribution is -1.91. The first kappa shape index (κ1) is 9.92. The van der Waals surface area contributed by atoms with Crippen LogP contribution in [-0.4, -0.2) is 9.36 Å². The Morgan fingerprint density at radius 3 is 2.67 bits per heavy atom. The number of hydrogen-bond acceptors (Lipinski definition) is 5. The Balaban J connectivity index is 2.11. The number of anilines is 3. The second kappa shape index (κ2) is 4.27. The van der Waals surface area contributed by atoms with E-state index < -0.39 is 0 Å². The van der Waals surface area contributed by atoms with Gasteiger partial charge in [0.25, 0.3) is 0 Å². The van der Waals surface area contributed by atoms with E-state index in [9.17, 15) is 0 Å². The summed E-state index contributed by atoms with van der Waals surface area (Å²) in [5.41, 5.74) is 7.32. The highest BCUT2D eigenvalue weighted by molar-refractivity contribution is 7.09. The van der Waals surface area contributed by atoms with Crippen molar-refractivity contribution in [3.8, 4) is 0 Å². The van der Waals surface area contributed by atoms with Crippen LogP contribution in [0.2, 0.25) is 0 Å². The number of nitrogen functional groups attached to an aromatic ring is 1. The van der Waals surface area contributed by atoms with Gasteiger partial charge in [0, 0.05) is 29.3 Å². The molecule has 0 saturated heterocycles. The Bertz CT molecular complexity index is 435. The van der Waals surface area contributed by atoms with Crippen molar-refractivity contribution in [2.45, 2.75) is 13.3 Å². The highest BCUT2D eigenvalue weighted by Gasteiger charge is 2.01. The molecule has 0 amide bonds.